The molecule has 33 heavy (non-hydrogen) atoms. The number of thioether (sulfide) groups is 1. The normalized spacial score (nSPS) is 14.3. The molecule has 1 atom stereocenters. The second-order valence-corrected chi connectivity index (χ2v) is 10.7. The van der Waals surface area contributed by atoms with Gasteiger partial charge in [-0.2, -0.15) is 0 Å². The maximum Gasteiger partial charge on any atom is 0.259 e. The number of aryl methyl sites for hydroxylation is 2. The second kappa shape index (κ2) is 9.40. The molecule has 1 aliphatic rings. The van der Waals surface area contributed by atoms with Crippen LogP contribution in [-0.2, 0) is 25.1 Å². The van der Waals surface area contributed by atoms with Gasteiger partial charge in [-0.1, -0.05) is 49.0 Å². The summed E-state index contributed by atoms with van der Waals surface area (Å²) in [7, 11) is 4.15. The Morgan fingerprint density at radius 3 is 2.79 bits per heavy atom. The molecule has 0 saturated carbocycles. The molecule has 0 aliphatic heterocycles. The number of thiophene rings is 1. The molecule has 0 fully saturated rings. The van der Waals surface area contributed by atoms with E-state index in [-0.39, 0.29) is 11.6 Å². The van der Waals surface area contributed by atoms with Crippen molar-refractivity contribution in [2.75, 3.05) is 14.1 Å². The highest BCUT2D eigenvalue weighted by atomic mass is 32.2. The number of hydrogen-bond donors (Lipinski definition) is 1. The Morgan fingerprint density at radius 1 is 1.21 bits per heavy atom. The van der Waals surface area contributed by atoms with Crippen molar-refractivity contribution < 1.29 is 0 Å². The summed E-state index contributed by atoms with van der Waals surface area (Å²) in [4.78, 5) is 25.0. The summed E-state index contributed by atoms with van der Waals surface area (Å²) in [6.07, 6.45) is 4.14. The molecule has 172 valence electrons. The minimum absolute atomic E-state index is 0.0138. The number of nitrogens with zero attached hydrogens (tertiary/aromatic N) is 5. The number of aromatic nitrogens is 5. The van der Waals surface area contributed by atoms with Gasteiger partial charge in [-0.3, -0.25) is 9.69 Å². The molecular formula is C24H28N6OS2. The monoisotopic (exact) mass is 480 g/mol. The first-order valence-corrected chi connectivity index (χ1v) is 13.1. The average molecular weight is 481 g/mol. The van der Waals surface area contributed by atoms with Gasteiger partial charge in [-0.15, -0.1) is 21.5 Å². The van der Waals surface area contributed by atoms with Crippen molar-refractivity contribution in [2.45, 2.75) is 56.1 Å². The number of benzene rings is 1. The van der Waals surface area contributed by atoms with Gasteiger partial charge in [0, 0.05) is 4.88 Å². The molecule has 5 rings (SSSR count). The van der Waals surface area contributed by atoms with E-state index in [9.17, 15) is 4.79 Å². The third-order valence-corrected chi connectivity index (χ3v) is 8.36. The molecular weight excluding hydrogens is 452 g/mol. The minimum Gasteiger partial charge on any atom is -0.309 e. The smallest absolute Gasteiger partial charge is 0.259 e. The molecule has 9 heteroatoms. The third-order valence-electron chi connectivity index (χ3n) is 6.20. The van der Waals surface area contributed by atoms with E-state index in [0.29, 0.717) is 18.1 Å². The first-order chi connectivity index (χ1) is 16.0. The van der Waals surface area contributed by atoms with Gasteiger partial charge < -0.3 is 9.55 Å². The number of aromatic amines is 1. The highest BCUT2D eigenvalue weighted by molar-refractivity contribution is 7.98. The van der Waals surface area contributed by atoms with Gasteiger partial charge in [0.15, 0.2) is 11.0 Å². The summed E-state index contributed by atoms with van der Waals surface area (Å²) in [5, 5.41) is 10.8. The van der Waals surface area contributed by atoms with Crippen molar-refractivity contribution in [2.24, 2.45) is 0 Å². The van der Waals surface area contributed by atoms with Gasteiger partial charge in [0.2, 0.25) is 0 Å². The van der Waals surface area contributed by atoms with Gasteiger partial charge >= 0.3 is 0 Å². The molecule has 0 radical (unpaired) electrons. The van der Waals surface area contributed by atoms with Crippen molar-refractivity contribution in [1.82, 2.24) is 29.6 Å². The van der Waals surface area contributed by atoms with Gasteiger partial charge in [0.25, 0.3) is 5.56 Å². The largest absolute Gasteiger partial charge is 0.309 e. The third kappa shape index (κ3) is 4.37. The Hall–Kier alpha value is -2.49. The zero-order valence-corrected chi connectivity index (χ0v) is 20.8. The van der Waals surface area contributed by atoms with Gasteiger partial charge in [0.05, 0.1) is 23.7 Å². The quantitative estimate of drug-likeness (QED) is 0.376. The number of hydrogen-bond acceptors (Lipinski definition) is 7. The summed E-state index contributed by atoms with van der Waals surface area (Å²) in [5.74, 6) is 2.19. The van der Waals surface area contributed by atoms with Crippen LogP contribution < -0.4 is 5.56 Å². The second-order valence-electron chi connectivity index (χ2n) is 8.64. The van der Waals surface area contributed by atoms with E-state index in [4.69, 9.17) is 4.98 Å². The zero-order chi connectivity index (χ0) is 22.9. The highest BCUT2D eigenvalue weighted by Crippen LogP contribution is 2.35. The Bertz CT molecular complexity index is 1320. The molecule has 7 nitrogen and oxygen atoms in total. The molecule has 1 aliphatic carbocycles. The molecule has 0 spiro atoms. The van der Waals surface area contributed by atoms with Crippen LogP contribution in [0.3, 0.4) is 0 Å². The van der Waals surface area contributed by atoms with Crippen molar-refractivity contribution in [3.8, 4) is 0 Å². The predicted molar refractivity (Wildman–Crippen MR) is 134 cm³/mol. The number of nitrogens with one attached hydrogen (secondary N) is 1. The van der Waals surface area contributed by atoms with E-state index < -0.39 is 0 Å². The fourth-order valence-electron chi connectivity index (χ4n) is 4.59. The lowest BCUT2D eigenvalue weighted by molar-refractivity contribution is 0.272. The lowest BCUT2D eigenvalue weighted by Crippen LogP contribution is -2.23. The van der Waals surface area contributed by atoms with Crippen LogP contribution >= 0.6 is 23.1 Å². The van der Waals surface area contributed by atoms with E-state index in [1.54, 1.807) is 23.1 Å². The highest BCUT2D eigenvalue weighted by Gasteiger charge is 2.24. The van der Waals surface area contributed by atoms with Crippen LogP contribution in [0.5, 0.6) is 0 Å². The van der Waals surface area contributed by atoms with Crippen LogP contribution in [0.2, 0.25) is 0 Å². The minimum atomic E-state index is -0.0138. The Kier molecular flexibility index (Phi) is 6.36. The van der Waals surface area contributed by atoms with Crippen LogP contribution in [0.4, 0.5) is 0 Å². The van der Waals surface area contributed by atoms with E-state index in [2.05, 4.69) is 69.9 Å². The number of fused-ring (bicyclic) bond motifs is 3. The summed E-state index contributed by atoms with van der Waals surface area (Å²) in [5.41, 5.74) is 2.40. The first kappa shape index (κ1) is 22.3. The predicted octanol–water partition coefficient (Wildman–Crippen LogP) is 4.42. The molecule has 1 N–H and O–H groups in total. The van der Waals surface area contributed by atoms with E-state index in [0.717, 1.165) is 46.9 Å². The SMILES string of the molecule is CCC(c1nnc(SCc2nc3sc4c(c3c(=O)[nH]2)CCC4)n1Cc1ccccc1)N(C)C. The van der Waals surface area contributed by atoms with Crippen molar-refractivity contribution in [3.05, 3.63) is 68.3 Å². The summed E-state index contributed by atoms with van der Waals surface area (Å²) in [6.45, 7) is 2.87. The van der Waals surface area contributed by atoms with Crippen LogP contribution in [0.25, 0.3) is 10.2 Å². The first-order valence-electron chi connectivity index (χ1n) is 11.3. The maximum atomic E-state index is 12.8. The van der Waals surface area contributed by atoms with Crippen LogP contribution in [-0.4, -0.2) is 43.7 Å². The van der Waals surface area contributed by atoms with E-state index in [1.165, 1.54) is 16.0 Å². The van der Waals surface area contributed by atoms with Crippen LogP contribution in [0.1, 0.15) is 53.5 Å². The Morgan fingerprint density at radius 2 is 2.03 bits per heavy atom. The fourth-order valence-corrected chi connectivity index (χ4v) is 6.69. The molecule has 1 aromatic carbocycles. The van der Waals surface area contributed by atoms with Crippen molar-refractivity contribution in [1.29, 1.82) is 0 Å². The van der Waals surface area contributed by atoms with Gasteiger partial charge in [-0.25, -0.2) is 4.98 Å². The van der Waals surface area contributed by atoms with Crippen molar-refractivity contribution in [3.63, 3.8) is 0 Å². The topological polar surface area (TPSA) is 79.7 Å². The van der Waals surface area contributed by atoms with E-state index >= 15 is 0 Å². The summed E-state index contributed by atoms with van der Waals surface area (Å²) < 4.78 is 2.20. The molecule has 4 aromatic rings. The van der Waals surface area contributed by atoms with Gasteiger partial charge in [0.1, 0.15) is 10.7 Å². The lowest BCUT2D eigenvalue weighted by Gasteiger charge is -2.23. The lowest BCUT2D eigenvalue weighted by atomic mass is 10.2. The number of rotatable bonds is 8. The van der Waals surface area contributed by atoms with Crippen LogP contribution in [0.15, 0.2) is 40.3 Å². The van der Waals surface area contributed by atoms with Gasteiger partial charge in [-0.05, 0) is 50.9 Å². The molecule has 1 unspecified atom stereocenters. The summed E-state index contributed by atoms with van der Waals surface area (Å²) >= 11 is 3.25. The molecule has 0 amide bonds. The molecule has 0 saturated heterocycles. The van der Waals surface area contributed by atoms with Crippen molar-refractivity contribution >= 4 is 33.3 Å². The molecule has 0 bridgehead atoms. The zero-order valence-electron chi connectivity index (χ0n) is 19.2. The summed E-state index contributed by atoms with van der Waals surface area (Å²) in [6, 6.07) is 10.6. The fraction of sp³-hybridized carbons (Fsp3) is 0.417. The maximum absolute atomic E-state index is 12.8. The average Bonchev–Trinajstić information content (AvgIpc) is 3.49. The molecule has 3 heterocycles. The standard InChI is InChI=1S/C24H28N6OS2/c1-4-17(29(2)3)21-27-28-24(30(21)13-15-9-6-5-7-10-15)32-14-19-25-22(31)20-16-11-8-12-18(16)33-23(20)26-19/h5-7,9-10,17H,4,8,11-14H2,1-3H3,(H,25,26,31). The Labute approximate surface area is 201 Å². The van der Waals surface area contributed by atoms with Crippen LogP contribution in [0, 0.1) is 0 Å². The number of H-pyrrole nitrogens is 1. The Balaban J connectivity index is 1.44. The van der Waals surface area contributed by atoms with E-state index in [1.807, 2.05) is 6.07 Å². The molecule has 3 aromatic heterocycles.